The third kappa shape index (κ3) is 4.13. The Morgan fingerprint density at radius 3 is 2.50 bits per heavy atom. The Morgan fingerprint density at radius 1 is 1.23 bits per heavy atom. The lowest BCUT2D eigenvalue weighted by atomic mass is 10.0. The molecule has 1 aliphatic heterocycles. The average Bonchev–Trinajstić information content (AvgIpc) is 2.59. The van der Waals surface area contributed by atoms with E-state index < -0.39 is 0 Å². The molecule has 22 heavy (non-hydrogen) atoms. The summed E-state index contributed by atoms with van der Waals surface area (Å²) in [5.41, 5.74) is 1.09. The summed E-state index contributed by atoms with van der Waals surface area (Å²) >= 11 is 0. The molecular weight excluding hydrogens is 280 g/mol. The number of hydrogen-bond acceptors (Lipinski definition) is 4. The molecule has 0 radical (unpaired) electrons. The summed E-state index contributed by atoms with van der Waals surface area (Å²) in [7, 11) is 5.23. The fraction of sp³-hybridized carbons (Fsp3) is 0.588. The van der Waals surface area contributed by atoms with Crippen LogP contribution in [0.4, 0.5) is 0 Å². The topological polar surface area (TPSA) is 50.8 Å². The van der Waals surface area contributed by atoms with E-state index in [-0.39, 0.29) is 5.91 Å². The molecule has 1 aromatic carbocycles. The van der Waals surface area contributed by atoms with Crippen molar-refractivity contribution in [2.75, 3.05) is 34.4 Å². The van der Waals surface area contributed by atoms with Crippen molar-refractivity contribution in [2.24, 2.45) is 0 Å². The van der Waals surface area contributed by atoms with E-state index in [0.29, 0.717) is 24.0 Å². The molecule has 5 nitrogen and oxygen atoms in total. The number of methoxy groups -OCH3 is 2. The van der Waals surface area contributed by atoms with Crippen molar-refractivity contribution >= 4 is 5.91 Å². The van der Waals surface area contributed by atoms with Crippen LogP contribution in [0.2, 0.25) is 0 Å². The molecule has 0 saturated carbocycles. The number of amides is 1. The van der Waals surface area contributed by atoms with Gasteiger partial charge in [0.15, 0.2) is 11.5 Å². The van der Waals surface area contributed by atoms with E-state index in [1.165, 1.54) is 0 Å². The quantitative estimate of drug-likeness (QED) is 0.871. The van der Waals surface area contributed by atoms with E-state index >= 15 is 0 Å². The predicted octanol–water partition coefficient (Wildman–Crippen LogP) is 1.85. The number of piperidine rings is 1. The number of hydrogen-bond donors (Lipinski definition) is 1. The molecule has 0 atom stereocenters. The van der Waals surface area contributed by atoms with Gasteiger partial charge in [0, 0.05) is 25.6 Å². The summed E-state index contributed by atoms with van der Waals surface area (Å²) in [6.07, 6.45) is 3.35. The monoisotopic (exact) mass is 306 g/mol. The van der Waals surface area contributed by atoms with Gasteiger partial charge in [0.25, 0.3) is 0 Å². The second kappa shape index (κ2) is 8.03. The van der Waals surface area contributed by atoms with Crippen LogP contribution in [0.25, 0.3) is 0 Å². The zero-order chi connectivity index (χ0) is 15.9. The maximum absolute atomic E-state index is 12.3. The van der Waals surface area contributed by atoms with Crippen LogP contribution in [0, 0.1) is 0 Å². The van der Waals surface area contributed by atoms with Crippen molar-refractivity contribution in [3.8, 4) is 11.5 Å². The van der Waals surface area contributed by atoms with Crippen LogP contribution in [0.1, 0.15) is 24.8 Å². The Hall–Kier alpha value is -1.75. The minimum absolute atomic E-state index is 0.240. The molecule has 0 spiro atoms. The van der Waals surface area contributed by atoms with Gasteiger partial charge in [0.1, 0.15) is 0 Å². The molecule has 1 amide bonds. The number of aryl methyl sites for hydroxylation is 1. The van der Waals surface area contributed by atoms with Crippen molar-refractivity contribution in [1.82, 2.24) is 10.2 Å². The molecule has 0 unspecified atom stereocenters. The summed E-state index contributed by atoms with van der Waals surface area (Å²) in [6.45, 7) is 1.71. The number of rotatable bonds is 6. The number of carbonyl (C=O) groups excluding carboxylic acids is 1. The fourth-order valence-electron chi connectivity index (χ4n) is 2.86. The van der Waals surface area contributed by atoms with Crippen LogP contribution in [0.5, 0.6) is 11.5 Å². The molecule has 1 aromatic rings. The number of likely N-dealkylation sites (tertiary alicyclic amines) is 1. The first-order valence-corrected chi connectivity index (χ1v) is 7.84. The van der Waals surface area contributed by atoms with Crippen molar-refractivity contribution in [3.05, 3.63) is 23.8 Å². The van der Waals surface area contributed by atoms with Crippen LogP contribution in [0.3, 0.4) is 0 Å². The minimum atomic E-state index is 0.240. The highest BCUT2D eigenvalue weighted by molar-refractivity contribution is 5.76. The maximum atomic E-state index is 12.3. The van der Waals surface area contributed by atoms with E-state index in [4.69, 9.17) is 9.47 Å². The van der Waals surface area contributed by atoms with E-state index in [9.17, 15) is 4.79 Å². The standard InChI is InChI=1S/C17H26N2O3/c1-18-14-8-10-19(11-9-14)17(20)7-5-13-4-6-15(21-2)16(12-13)22-3/h4,6,12,14,18H,5,7-11H2,1-3H3. The summed E-state index contributed by atoms with van der Waals surface area (Å²) in [6, 6.07) is 6.37. The second-order valence-electron chi connectivity index (χ2n) is 5.63. The van der Waals surface area contributed by atoms with Crippen LogP contribution in [-0.2, 0) is 11.2 Å². The number of nitrogens with one attached hydrogen (secondary N) is 1. The molecule has 1 aliphatic rings. The molecule has 5 heteroatoms. The molecule has 0 bridgehead atoms. The molecule has 1 saturated heterocycles. The number of ether oxygens (including phenoxy) is 2. The lowest BCUT2D eigenvalue weighted by Gasteiger charge is -2.31. The first-order valence-electron chi connectivity index (χ1n) is 7.84. The Labute approximate surface area is 132 Å². The van der Waals surface area contributed by atoms with Crippen LogP contribution in [0.15, 0.2) is 18.2 Å². The Balaban J connectivity index is 1.86. The van der Waals surface area contributed by atoms with Crippen molar-refractivity contribution in [1.29, 1.82) is 0 Å². The minimum Gasteiger partial charge on any atom is -0.493 e. The second-order valence-corrected chi connectivity index (χ2v) is 5.63. The largest absolute Gasteiger partial charge is 0.493 e. The van der Waals surface area contributed by atoms with Gasteiger partial charge in [-0.15, -0.1) is 0 Å². The van der Waals surface area contributed by atoms with Gasteiger partial charge in [-0.1, -0.05) is 6.07 Å². The Bertz CT molecular complexity index is 497. The smallest absolute Gasteiger partial charge is 0.222 e. The molecule has 0 aliphatic carbocycles. The third-order valence-corrected chi connectivity index (χ3v) is 4.33. The molecular formula is C17H26N2O3. The van der Waals surface area contributed by atoms with Gasteiger partial charge in [0.2, 0.25) is 5.91 Å². The Morgan fingerprint density at radius 2 is 1.91 bits per heavy atom. The van der Waals surface area contributed by atoms with E-state index in [0.717, 1.165) is 37.9 Å². The van der Waals surface area contributed by atoms with Crippen molar-refractivity contribution in [2.45, 2.75) is 31.7 Å². The van der Waals surface area contributed by atoms with Crippen molar-refractivity contribution < 1.29 is 14.3 Å². The SMILES string of the molecule is CNC1CCN(C(=O)CCc2ccc(OC)c(OC)c2)CC1. The maximum Gasteiger partial charge on any atom is 0.222 e. The average molecular weight is 306 g/mol. The number of benzene rings is 1. The number of nitrogens with zero attached hydrogens (tertiary/aromatic N) is 1. The summed E-state index contributed by atoms with van der Waals surface area (Å²) in [5, 5.41) is 3.28. The highest BCUT2D eigenvalue weighted by atomic mass is 16.5. The summed E-state index contributed by atoms with van der Waals surface area (Å²) in [5.74, 6) is 1.67. The fourth-order valence-corrected chi connectivity index (χ4v) is 2.86. The van der Waals surface area contributed by atoms with Gasteiger partial charge >= 0.3 is 0 Å². The van der Waals surface area contributed by atoms with Crippen LogP contribution in [-0.4, -0.2) is 51.2 Å². The van der Waals surface area contributed by atoms with Gasteiger partial charge in [-0.3, -0.25) is 4.79 Å². The molecule has 1 heterocycles. The van der Waals surface area contributed by atoms with E-state index in [1.54, 1.807) is 14.2 Å². The summed E-state index contributed by atoms with van der Waals surface area (Å²) in [4.78, 5) is 14.3. The normalized spacial score (nSPS) is 15.7. The highest BCUT2D eigenvalue weighted by Crippen LogP contribution is 2.28. The molecule has 1 N–H and O–H groups in total. The van der Waals surface area contributed by atoms with Gasteiger partial charge in [-0.2, -0.15) is 0 Å². The Kier molecular flexibility index (Phi) is 6.07. The van der Waals surface area contributed by atoms with E-state index in [2.05, 4.69) is 5.32 Å². The summed E-state index contributed by atoms with van der Waals surface area (Å²) < 4.78 is 10.5. The lowest BCUT2D eigenvalue weighted by Crippen LogP contribution is -2.44. The molecule has 1 fully saturated rings. The zero-order valence-corrected chi connectivity index (χ0v) is 13.7. The number of carbonyl (C=O) groups is 1. The lowest BCUT2D eigenvalue weighted by molar-refractivity contribution is -0.132. The highest BCUT2D eigenvalue weighted by Gasteiger charge is 2.21. The van der Waals surface area contributed by atoms with Gasteiger partial charge in [-0.05, 0) is 44.0 Å². The molecule has 122 valence electrons. The van der Waals surface area contributed by atoms with Gasteiger partial charge in [0.05, 0.1) is 14.2 Å². The predicted molar refractivity (Wildman–Crippen MR) is 86.5 cm³/mol. The first-order chi connectivity index (χ1) is 10.7. The van der Waals surface area contributed by atoms with Crippen LogP contribution < -0.4 is 14.8 Å². The third-order valence-electron chi connectivity index (χ3n) is 4.33. The van der Waals surface area contributed by atoms with Gasteiger partial charge in [-0.25, -0.2) is 0 Å². The van der Waals surface area contributed by atoms with Crippen molar-refractivity contribution in [3.63, 3.8) is 0 Å². The van der Waals surface area contributed by atoms with Crippen LogP contribution >= 0.6 is 0 Å². The van der Waals surface area contributed by atoms with E-state index in [1.807, 2.05) is 30.1 Å². The molecule has 2 rings (SSSR count). The van der Waals surface area contributed by atoms with Gasteiger partial charge < -0.3 is 19.7 Å². The molecule has 0 aromatic heterocycles. The first kappa shape index (κ1) is 16.6. The zero-order valence-electron chi connectivity index (χ0n) is 13.7.